The molecule has 0 radical (unpaired) electrons. The van der Waals surface area contributed by atoms with Gasteiger partial charge in [-0.1, -0.05) is 29.8 Å². The SMILES string of the molecule is CN1C(=O)N(c2ccccc2)C(=O)CC1CN1CCC(Cc2cc(F)ccc2Cl)CC1. The van der Waals surface area contributed by atoms with Gasteiger partial charge in [-0.3, -0.25) is 4.79 Å². The topological polar surface area (TPSA) is 43.9 Å². The van der Waals surface area contributed by atoms with Crippen molar-refractivity contribution in [3.05, 3.63) is 64.9 Å². The lowest BCUT2D eigenvalue weighted by atomic mass is 9.89. The molecule has 2 aliphatic heterocycles. The van der Waals surface area contributed by atoms with Crippen molar-refractivity contribution in [3.63, 3.8) is 0 Å². The molecule has 0 saturated carbocycles. The summed E-state index contributed by atoms with van der Waals surface area (Å²) in [6.45, 7) is 2.48. The van der Waals surface area contributed by atoms with Gasteiger partial charge >= 0.3 is 6.03 Å². The molecular formula is C24H27ClFN3O2. The Bertz CT molecular complexity index is 947. The van der Waals surface area contributed by atoms with Gasteiger partial charge in [0.15, 0.2) is 0 Å². The monoisotopic (exact) mass is 443 g/mol. The van der Waals surface area contributed by atoms with Gasteiger partial charge in [-0.15, -0.1) is 0 Å². The molecule has 164 valence electrons. The van der Waals surface area contributed by atoms with Crippen LogP contribution < -0.4 is 4.90 Å². The number of benzene rings is 2. The van der Waals surface area contributed by atoms with Crippen LogP contribution in [-0.2, 0) is 11.2 Å². The van der Waals surface area contributed by atoms with Gasteiger partial charge < -0.3 is 9.80 Å². The van der Waals surface area contributed by atoms with E-state index >= 15 is 0 Å². The summed E-state index contributed by atoms with van der Waals surface area (Å²) in [7, 11) is 1.77. The summed E-state index contributed by atoms with van der Waals surface area (Å²) in [5.74, 6) is 0.0439. The number of nitrogens with zero attached hydrogens (tertiary/aromatic N) is 3. The van der Waals surface area contributed by atoms with Crippen LogP contribution in [0.5, 0.6) is 0 Å². The lowest BCUT2D eigenvalue weighted by molar-refractivity contribution is -0.120. The molecule has 3 amide bonds. The maximum absolute atomic E-state index is 13.5. The van der Waals surface area contributed by atoms with E-state index in [1.54, 1.807) is 30.1 Å². The first-order valence-electron chi connectivity index (χ1n) is 10.7. The van der Waals surface area contributed by atoms with Crippen molar-refractivity contribution in [2.24, 2.45) is 5.92 Å². The molecule has 5 nitrogen and oxygen atoms in total. The second-order valence-corrected chi connectivity index (χ2v) is 8.91. The van der Waals surface area contributed by atoms with Gasteiger partial charge in [-0.25, -0.2) is 14.1 Å². The van der Waals surface area contributed by atoms with Crippen molar-refractivity contribution in [1.82, 2.24) is 9.80 Å². The molecule has 2 fully saturated rings. The quantitative estimate of drug-likeness (QED) is 0.678. The molecule has 2 saturated heterocycles. The number of likely N-dealkylation sites (tertiary alicyclic amines) is 1. The third-order valence-electron chi connectivity index (χ3n) is 6.41. The zero-order chi connectivity index (χ0) is 22.0. The number of imide groups is 1. The van der Waals surface area contributed by atoms with Gasteiger partial charge in [0.2, 0.25) is 5.91 Å². The maximum atomic E-state index is 13.5. The van der Waals surface area contributed by atoms with E-state index in [1.807, 2.05) is 18.2 Å². The third kappa shape index (κ3) is 4.91. The Kier molecular flexibility index (Phi) is 6.58. The smallest absolute Gasteiger partial charge is 0.322 e. The van der Waals surface area contributed by atoms with Gasteiger partial charge in [0.05, 0.1) is 11.7 Å². The van der Waals surface area contributed by atoms with Crippen LogP contribution in [0.25, 0.3) is 0 Å². The molecule has 1 atom stereocenters. The van der Waals surface area contributed by atoms with Crippen molar-refractivity contribution < 1.29 is 14.0 Å². The Morgan fingerprint density at radius 2 is 1.77 bits per heavy atom. The first-order valence-corrected chi connectivity index (χ1v) is 11.1. The molecule has 0 aliphatic carbocycles. The fourth-order valence-electron chi connectivity index (χ4n) is 4.55. The molecule has 7 heteroatoms. The molecule has 2 heterocycles. The van der Waals surface area contributed by atoms with Crippen molar-refractivity contribution in [1.29, 1.82) is 0 Å². The fraction of sp³-hybridized carbons (Fsp3) is 0.417. The number of carbonyl (C=O) groups is 2. The van der Waals surface area contributed by atoms with Crippen molar-refractivity contribution in [2.75, 3.05) is 31.6 Å². The number of anilines is 1. The van der Waals surface area contributed by atoms with E-state index in [0.717, 1.165) is 37.9 Å². The number of hydrogen-bond acceptors (Lipinski definition) is 3. The minimum absolute atomic E-state index is 0.130. The number of urea groups is 1. The summed E-state index contributed by atoms with van der Waals surface area (Å²) in [6, 6.07) is 13.2. The van der Waals surface area contributed by atoms with Gasteiger partial charge in [0.25, 0.3) is 0 Å². The van der Waals surface area contributed by atoms with Crippen molar-refractivity contribution in [2.45, 2.75) is 31.7 Å². The number of amides is 3. The summed E-state index contributed by atoms with van der Waals surface area (Å²) in [5, 5.41) is 0.618. The van der Waals surface area contributed by atoms with Crippen LogP contribution in [0.2, 0.25) is 5.02 Å². The summed E-state index contributed by atoms with van der Waals surface area (Å²) in [4.78, 5) is 30.9. The molecule has 0 bridgehead atoms. The highest BCUT2D eigenvalue weighted by Gasteiger charge is 2.38. The minimum Gasteiger partial charge on any atom is -0.322 e. The Balaban J connectivity index is 1.32. The summed E-state index contributed by atoms with van der Waals surface area (Å²) < 4.78 is 13.5. The number of likely N-dealkylation sites (N-methyl/N-ethyl adjacent to an activating group) is 1. The van der Waals surface area contributed by atoms with Crippen LogP contribution >= 0.6 is 11.6 Å². The zero-order valence-corrected chi connectivity index (χ0v) is 18.4. The highest BCUT2D eigenvalue weighted by molar-refractivity contribution is 6.31. The van der Waals surface area contributed by atoms with E-state index in [2.05, 4.69) is 4.90 Å². The third-order valence-corrected chi connectivity index (χ3v) is 6.78. The number of halogens is 2. The highest BCUT2D eigenvalue weighted by atomic mass is 35.5. The van der Waals surface area contributed by atoms with Crippen LogP contribution in [-0.4, -0.2) is 54.5 Å². The number of hydrogen-bond donors (Lipinski definition) is 0. The van der Waals surface area contributed by atoms with Crippen LogP contribution in [0.4, 0.5) is 14.9 Å². The highest BCUT2D eigenvalue weighted by Crippen LogP contribution is 2.28. The van der Waals surface area contributed by atoms with E-state index in [4.69, 9.17) is 11.6 Å². The molecule has 0 N–H and O–H groups in total. The van der Waals surface area contributed by atoms with E-state index in [1.165, 1.54) is 17.0 Å². The minimum atomic E-state index is -0.275. The predicted molar refractivity (Wildman–Crippen MR) is 120 cm³/mol. The normalized spacial score (nSPS) is 21.1. The van der Waals surface area contributed by atoms with E-state index in [9.17, 15) is 14.0 Å². The molecule has 4 rings (SSSR count). The first-order chi connectivity index (χ1) is 14.9. The number of para-hydroxylation sites is 1. The van der Waals surface area contributed by atoms with Gasteiger partial charge in [-0.05, 0) is 74.2 Å². The standard InChI is InChI=1S/C24H27ClFN3O2/c1-27-21(15-23(30)29(24(27)31)20-5-3-2-4-6-20)16-28-11-9-17(10-12-28)13-18-14-19(26)7-8-22(18)25/h2-8,14,17,21H,9-13,15-16H2,1H3. The van der Waals surface area contributed by atoms with Crippen LogP contribution in [0.15, 0.2) is 48.5 Å². The molecule has 0 spiro atoms. The van der Waals surface area contributed by atoms with E-state index < -0.39 is 0 Å². The Morgan fingerprint density at radius 3 is 2.48 bits per heavy atom. The van der Waals surface area contributed by atoms with Gasteiger partial charge in [0.1, 0.15) is 5.82 Å². The molecule has 31 heavy (non-hydrogen) atoms. The molecule has 2 aromatic rings. The van der Waals surface area contributed by atoms with E-state index in [0.29, 0.717) is 29.6 Å². The lowest BCUT2D eigenvalue weighted by Gasteiger charge is -2.41. The fourth-order valence-corrected chi connectivity index (χ4v) is 4.75. The van der Waals surface area contributed by atoms with E-state index in [-0.39, 0.29) is 23.8 Å². The lowest BCUT2D eigenvalue weighted by Crippen LogP contribution is -2.58. The second kappa shape index (κ2) is 9.37. The van der Waals surface area contributed by atoms with Gasteiger partial charge in [0, 0.05) is 25.0 Å². The van der Waals surface area contributed by atoms with Crippen LogP contribution in [0.3, 0.4) is 0 Å². The first kappa shape index (κ1) is 21.8. The van der Waals surface area contributed by atoms with Crippen molar-refractivity contribution in [3.8, 4) is 0 Å². The molecular weight excluding hydrogens is 417 g/mol. The summed E-state index contributed by atoms with van der Waals surface area (Å²) in [6.07, 6.45) is 3.06. The Hall–Kier alpha value is -2.44. The molecule has 0 aromatic heterocycles. The number of rotatable bonds is 5. The largest absolute Gasteiger partial charge is 0.331 e. The summed E-state index contributed by atoms with van der Waals surface area (Å²) >= 11 is 6.22. The second-order valence-electron chi connectivity index (χ2n) is 8.50. The Labute approximate surface area is 187 Å². The average molecular weight is 444 g/mol. The van der Waals surface area contributed by atoms with Gasteiger partial charge in [-0.2, -0.15) is 0 Å². The number of piperidine rings is 1. The zero-order valence-electron chi connectivity index (χ0n) is 17.6. The molecule has 1 unspecified atom stereocenters. The van der Waals surface area contributed by atoms with Crippen LogP contribution in [0, 0.1) is 11.7 Å². The summed E-state index contributed by atoms with van der Waals surface area (Å²) in [5.41, 5.74) is 1.48. The molecule has 2 aromatic carbocycles. The van der Waals surface area contributed by atoms with Crippen LogP contribution in [0.1, 0.15) is 24.8 Å². The Morgan fingerprint density at radius 1 is 1.06 bits per heavy atom. The molecule has 2 aliphatic rings. The predicted octanol–water partition coefficient (Wildman–Crippen LogP) is 4.59. The maximum Gasteiger partial charge on any atom is 0.331 e. The van der Waals surface area contributed by atoms with Crippen molar-refractivity contribution >= 4 is 29.2 Å². The average Bonchev–Trinajstić information content (AvgIpc) is 2.76. The number of carbonyl (C=O) groups excluding carboxylic acids is 2.